The average molecular weight is 190 g/mol. The summed E-state index contributed by atoms with van der Waals surface area (Å²) in [6.07, 6.45) is 1.70. The van der Waals surface area contributed by atoms with Gasteiger partial charge in [0.15, 0.2) is 0 Å². The number of hydrogen-bond acceptors (Lipinski definition) is 1. The van der Waals surface area contributed by atoms with E-state index in [0.717, 1.165) is 11.3 Å². The van der Waals surface area contributed by atoms with Crippen LogP contribution in [0.3, 0.4) is 0 Å². The Bertz CT molecular complexity index is 460. The van der Waals surface area contributed by atoms with Crippen LogP contribution in [0.15, 0.2) is 30.5 Å². The molecule has 0 saturated carbocycles. The summed E-state index contributed by atoms with van der Waals surface area (Å²) in [6, 6.07) is 7.07. The van der Waals surface area contributed by atoms with Gasteiger partial charge in [0.2, 0.25) is 0 Å². The van der Waals surface area contributed by atoms with Gasteiger partial charge in [-0.3, -0.25) is 4.68 Å². The molecule has 0 aliphatic rings. The molecule has 1 aromatic heterocycles. The Balaban J connectivity index is 2.53. The molecule has 0 aliphatic carbocycles. The lowest BCUT2D eigenvalue weighted by molar-refractivity contribution is 0.618. The standard InChI is InChI=1S/C11H11FN2/c1-8-3-4-9(7-10(8)12)11-5-6-13-14(11)2/h3-7H,1-2H3. The Morgan fingerprint density at radius 2 is 2.07 bits per heavy atom. The second-order valence-electron chi connectivity index (χ2n) is 3.30. The SMILES string of the molecule is Cc1ccc(-c2ccnn2C)cc1F. The lowest BCUT2D eigenvalue weighted by atomic mass is 10.1. The number of halogens is 1. The van der Waals surface area contributed by atoms with Gasteiger partial charge in [-0.05, 0) is 24.6 Å². The van der Waals surface area contributed by atoms with Gasteiger partial charge < -0.3 is 0 Å². The molecule has 0 radical (unpaired) electrons. The third-order valence-corrected chi connectivity index (χ3v) is 2.29. The second kappa shape index (κ2) is 3.25. The van der Waals surface area contributed by atoms with E-state index in [9.17, 15) is 4.39 Å². The van der Waals surface area contributed by atoms with E-state index in [0.29, 0.717) is 5.56 Å². The highest BCUT2D eigenvalue weighted by Crippen LogP contribution is 2.20. The highest BCUT2D eigenvalue weighted by molar-refractivity contribution is 5.59. The van der Waals surface area contributed by atoms with Gasteiger partial charge in [0.1, 0.15) is 5.82 Å². The Morgan fingerprint density at radius 3 is 2.64 bits per heavy atom. The van der Waals surface area contributed by atoms with Gasteiger partial charge in [-0.2, -0.15) is 5.10 Å². The van der Waals surface area contributed by atoms with Crippen molar-refractivity contribution >= 4 is 0 Å². The molecule has 0 amide bonds. The quantitative estimate of drug-likeness (QED) is 0.675. The van der Waals surface area contributed by atoms with E-state index in [-0.39, 0.29) is 5.82 Å². The summed E-state index contributed by atoms with van der Waals surface area (Å²) in [6.45, 7) is 1.75. The summed E-state index contributed by atoms with van der Waals surface area (Å²) in [5, 5.41) is 4.04. The van der Waals surface area contributed by atoms with E-state index in [4.69, 9.17) is 0 Å². The molecule has 3 heteroatoms. The molecule has 0 fully saturated rings. The van der Waals surface area contributed by atoms with Crippen molar-refractivity contribution in [3.63, 3.8) is 0 Å². The molecule has 1 aromatic carbocycles. The first kappa shape index (κ1) is 8.94. The minimum atomic E-state index is -0.177. The largest absolute Gasteiger partial charge is 0.268 e. The Labute approximate surface area is 82.0 Å². The van der Waals surface area contributed by atoms with Gasteiger partial charge in [0, 0.05) is 18.8 Å². The van der Waals surface area contributed by atoms with Crippen LogP contribution in [0.5, 0.6) is 0 Å². The normalized spacial score (nSPS) is 10.5. The van der Waals surface area contributed by atoms with Gasteiger partial charge >= 0.3 is 0 Å². The maximum absolute atomic E-state index is 13.3. The van der Waals surface area contributed by atoms with Crippen molar-refractivity contribution < 1.29 is 4.39 Å². The zero-order chi connectivity index (χ0) is 10.1. The molecule has 0 aliphatic heterocycles. The summed E-state index contributed by atoms with van der Waals surface area (Å²) < 4.78 is 15.0. The van der Waals surface area contributed by atoms with Crippen molar-refractivity contribution in [2.24, 2.45) is 7.05 Å². The smallest absolute Gasteiger partial charge is 0.126 e. The van der Waals surface area contributed by atoms with Crippen molar-refractivity contribution in [3.8, 4) is 11.3 Å². The van der Waals surface area contributed by atoms with E-state index < -0.39 is 0 Å². The van der Waals surface area contributed by atoms with Crippen LogP contribution in [-0.4, -0.2) is 9.78 Å². The van der Waals surface area contributed by atoms with E-state index >= 15 is 0 Å². The van der Waals surface area contributed by atoms with Crippen LogP contribution in [0.1, 0.15) is 5.56 Å². The molecule has 0 unspecified atom stereocenters. The highest BCUT2D eigenvalue weighted by atomic mass is 19.1. The molecular weight excluding hydrogens is 179 g/mol. The fourth-order valence-electron chi connectivity index (χ4n) is 1.41. The van der Waals surface area contributed by atoms with Crippen LogP contribution in [0, 0.1) is 12.7 Å². The summed E-state index contributed by atoms with van der Waals surface area (Å²) >= 11 is 0. The third kappa shape index (κ3) is 1.41. The number of aryl methyl sites for hydroxylation is 2. The predicted octanol–water partition coefficient (Wildman–Crippen LogP) is 2.53. The molecule has 0 atom stereocenters. The molecular formula is C11H11FN2. The summed E-state index contributed by atoms with van der Waals surface area (Å²) in [5.74, 6) is -0.177. The van der Waals surface area contributed by atoms with Crippen LogP contribution in [0.4, 0.5) is 4.39 Å². The third-order valence-electron chi connectivity index (χ3n) is 2.29. The summed E-state index contributed by atoms with van der Waals surface area (Å²) in [5.41, 5.74) is 2.44. The van der Waals surface area contributed by atoms with Crippen molar-refractivity contribution in [2.75, 3.05) is 0 Å². The monoisotopic (exact) mass is 190 g/mol. The van der Waals surface area contributed by atoms with Crippen molar-refractivity contribution in [3.05, 3.63) is 41.8 Å². The van der Waals surface area contributed by atoms with E-state index in [1.807, 2.05) is 19.2 Å². The zero-order valence-corrected chi connectivity index (χ0v) is 8.16. The van der Waals surface area contributed by atoms with Crippen molar-refractivity contribution in [1.29, 1.82) is 0 Å². The second-order valence-corrected chi connectivity index (χ2v) is 3.30. The Hall–Kier alpha value is -1.64. The van der Waals surface area contributed by atoms with Gasteiger partial charge in [-0.15, -0.1) is 0 Å². The van der Waals surface area contributed by atoms with Crippen molar-refractivity contribution in [2.45, 2.75) is 6.92 Å². The lowest BCUT2D eigenvalue weighted by Crippen LogP contribution is -1.94. The first-order valence-electron chi connectivity index (χ1n) is 4.43. The Kier molecular flexibility index (Phi) is 2.08. The van der Waals surface area contributed by atoms with E-state index in [1.54, 1.807) is 23.9 Å². The maximum Gasteiger partial charge on any atom is 0.126 e. The van der Waals surface area contributed by atoms with Gasteiger partial charge in [-0.25, -0.2) is 4.39 Å². The highest BCUT2D eigenvalue weighted by Gasteiger charge is 2.04. The minimum absolute atomic E-state index is 0.177. The van der Waals surface area contributed by atoms with Crippen LogP contribution >= 0.6 is 0 Å². The molecule has 0 N–H and O–H groups in total. The number of hydrogen-bond donors (Lipinski definition) is 0. The predicted molar refractivity (Wildman–Crippen MR) is 53.3 cm³/mol. The fourth-order valence-corrected chi connectivity index (χ4v) is 1.41. The number of rotatable bonds is 1. The van der Waals surface area contributed by atoms with Gasteiger partial charge in [-0.1, -0.05) is 12.1 Å². The lowest BCUT2D eigenvalue weighted by Gasteiger charge is -2.03. The van der Waals surface area contributed by atoms with Gasteiger partial charge in [0.25, 0.3) is 0 Å². The molecule has 14 heavy (non-hydrogen) atoms. The molecule has 0 bridgehead atoms. The van der Waals surface area contributed by atoms with Gasteiger partial charge in [0.05, 0.1) is 5.69 Å². The molecule has 2 aromatic rings. The van der Waals surface area contributed by atoms with E-state index in [2.05, 4.69) is 5.10 Å². The Morgan fingerprint density at radius 1 is 1.29 bits per heavy atom. The molecule has 1 heterocycles. The molecule has 2 nitrogen and oxygen atoms in total. The first-order chi connectivity index (χ1) is 6.68. The van der Waals surface area contributed by atoms with Crippen molar-refractivity contribution in [1.82, 2.24) is 9.78 Å². The maximum atomic E-state index is 13.3. The molecule has 2 rings (SSSR count). The van der Waals surface area contributed by atoms with E-state index in [1.165, 1.54) is 6.07 Å². The first-order valence-corrected chi connectivity index (χ1v) is 4.43. The van der Waals surface area contributed by atoms with Crippen LogP contribution in [-0.2, 0) is 7.05 Å². The summed E-state index contributed by atoms with van der Waals surface area (Å²) in [4.78, 5) is 0. The zero-order valence-electron chi connectivity index (χ0n) is 8.16. The molecule has 72 valence electrons. The number of aromatic nitrogens is 2. The number of benzene rings is 1. The topological polar surface area (TPSA) is 17.8 Å². The molecule has 0 saturated heterocycles. The van der Waals surface area contributed by atoms with Crippen LogP contribution in [0.25, 0.3) is 11.3 Å². The average Bonchev–Trinajstić information content (AvgIpc) is 2.57. The minimum Gasteiger partial charge on any atom is -0.268 e. The number of nitrogens with zero attached hydrogens (tertiary/aromatic N) is 2. The fraction of sp³-hybridized carbons (Fsp3) is 0.182. The van der Waals surface area contributed by atoms with Crippen LogP contribution in [0.2, 0.25) is 0 Å². The van der Waals surface area contributed by atoms with Crippen LogP contribution < -0.4 is 0 Å². The molecule has 0 spiro atoms. The summed E-state index contributed by atoms with van der Waals surface area (Å²) in [7, 11) is 1.84.